The smallest absolute Gasteiger partial charge is 0.487 e. The molecule has 0 radical (unpaired) electrons. The van der Waals surface area contributed by atoms with Gasteiger partial charge in [-0.05, 0) is 39.8 Å². The van der Waals surface area contributed by atoms with Crippen molar-refractivity contribution >= 4 is 23.2 Å². The van der Waals surface area contributed by atoms with E-state index in [0.717, 1.165) is 9.84 Å². The summed E-state index contributed by atoms with van der Waals surface area (Å²) in [6, 6.07) is 3.93. The van der Waals surface area contributed by atoms with Gasteiger partial charge in [0.25, 0.3) is 0 Å². The molecular formula is C11H17BO3S. The molecule has 0 N–H and O–H groups in total. The van der Waals surface area contributed by atoms with E-state index < -0.39 is 0 Å². The number of methoxy groups -OCH3 is 1. The van der Waals surface area contributed by atoms with Gasteiger partial charge in [0.1, 0.15) is 0 Å². The minimum atomic E-state index is -0.283. The van der Waals surface area contributed by atoms with Crippen LogP contribution in [-0.4, -0.2) is 25.4 Å². The van der Waals surface area contributed by atoms with Crippen molar-refractivity contribution in [3.8, 4) is 5.06 Å². The fraction of sp³-hybridized carbons (Fsp3) is 0.636. The Morgan fingerprint density at radius 2 is 1.69 bits per heavy atom. The van der Waals surface area contributed by atoms with Crippen molar-refractivity contribution in [1.82, 2.24) is 0 Å². The van der Waals surface area contributed by atoms with Gasteiger partial charge < -0.3 is 14.0 Å². The fourth-order valence-corrected chi connectivity index (χ4v) is 2.31. The Hall–Kier alpha value is -0.515. The first-order chi connectivity index (χ1) is 7.36. The van der Waals surface area contributed by atoms with Crippen LogP contribution in [0, 0.1) is 0 Å². The van der Waals surface area contributed by atoms with Crippen LogP contribution in [0.5, 0.6) is 5.06 Å². The molecule has 1 aromatic heterocycles. The van der Waals surface area contributed by atoms with Gasteiger partial charge in [-0.15, -0.1) is 11.3 Å². The lowest BCUT2D eigenvalue weighted by Crippen LogP contribution is -2.41. The number of hydrogen-bond acceptors (Lipinski definition) is 4. The van der Waals surface area contributed by atoms with E-state index >= 15 is 0 Å². The average molecular weight is 240 g/mol. The third-order valence-electron chi connectivity index (χ3n) is 3.29. The predicted molar refractivity (Wildman–Crippen MR) is 66.6 cm³/mol. The van der Waals surface area contributed by atoms with E-state index in [1.54, 1.807) is 18.4 Å². The fourth-order valence-electron chi connectivity index (χ4n) is 1.53. The molecular weight excluding hydrogens is 223 g/mol. The Morgan fingerprint density at radius 3 is 2.12 bits per heavy atom. The lowest BCUT2D eigenvalue weighted by atomic mass is 9.88. The molecule has 0 atom stereocenters. The maximum Gasteiger partial charge on any atom is 0.505 e. The Kier molecular flexibility index (Phi) is 2.81. The molecule has 1 fully saturated rings. The van der Waals surface area contributed by atoms with Gasteiger partial charge in [-0.25, -0.2) is 0 Å². The minimum absolute atomic E-state index is 0.279. The number of ether oxygens (including phenoxy) is 1. The molecule has 0 aromatic carbocycles. The van der Waals surface area contributed by atoms with Crippen molar-refractivity contribution in [2.45, 2.75) is 38.9 Å². The van der Waals surface area contributed by atoms with Crippen molar-refractivity contribution in [1.29, 1.82) is 0 Å². The molecule has 0 bridgehead atoms. The van der Waals surface area contributed by atoms with Gasteiger partial charge in [0.15, 0.2) is 5.06 Å². The van der Waals surface area contributed by atoms with Crippen LogP contribution in [0.25, 0.3) is 0 Å². The Labute approximate surface area is 101 Å². The SMILES string of the molecule is COc1ccc(B2OC(C)(C)C(C)(C)O2)s1. The molecule has 2 heterocycles. The van der Waals surface area contributed by atoms with Crippen molar-refractivity contribution in [3.63, 3.8) is 0 Å². The summed E-state index contributed by atoms with van der Waals surface area (Å²) >= 11 is 1.56. The second-order valence-electron chi connectivity index (χ2n) is 4.95. The molecule has 0 spiro atoms. The molecule has 16 heavy (non-hydrogen) atoms. The first kappa shape index (κ1) is 12.0. The maximum absolute atomic E-state index is 5.94. The summed E-state index contributed by atoms with van der Waals surface area (Å²) in [5.74, 6) is 0. The summed E-state index contributed by atoms with van der Waals surface area (Å²) in [6.45, 7) is 8.21. The summed E-state index contributed by atoms with van der Waals surface area (Å²) < 4.78 is 18.1. The molecule has 0 unspecified atom stereocenters. The van der Waals surface area contributed by atoms with Crippen LogP contribution >= 0.6 is 11.3 Å². The summed E-state index contributed by atoms with van der Waals surface area (Å²) in [7, 11) is 1.39. The molecule has 1 aromatic rings. The largest absolute Gasteiger partial charge is 0.505 e. The van der Waals surface area contributed by atoms with E-state index in [2.05, 4.69) is 27.7 Å². The third-order valence-corrected chi connectivity index (χ3v) is 4.36. The highest BCUT2D eigenvalue weighted by Gasteiger charge is 2.52. The van der Waals surface area contributed by atoms with Crippen LogP contribution in [0.3, 0.4) is 0 Å². The molecule has 0 saturated carbocycles. The quantitative estimate of drug-likeness (QED) is 0.740. The van der Waals surface area contributed by atoms with Gasteiger partial charge in [0.05, 0.1) is 18.3 Å². The normalized spacial score (nSPS) is 22.4. The monoisotopic (exact) mass is 240 g/mol. The van der Waals surface area contributed by atoms with E-state index in [-0.39, 0.29) is 18.3 Å². The van der Waals surface area contributed by atoms with Crippen molar-refractivity contribution in [2.75, 3.05) is 7.11 Å². The Bertz CT molecular complexity index is 370. The number of hydrogen-bond donors (Lipinski definition) is 0. The number of rotatable bonds is 2. The lowest BCUT2D eigenvalue weighted by molar-refractivity contribution is 0.00578. The van der Waals surface area contributed by atoms with Gasteiger partial charge in [-0.3, -0.25) is 0 Å². The van der Waals surface area contributed by atoms with Gasteiger partial charge in [0, 0.05) is 4.78 Å². The first-order valence-electron chi connectivity index (χ1n) is 5.35. The van der Waals surface area contributed by atoms with Gasteiger partial charge in [0.2, 0.25) is 0 Å². The second-order valence-corrected chi connectivity index (χ2v) is 6.03. The highest BCUT2D eigenvalue weighted by atomic mass is 32.1. The molecule has 2 rings (SSSR count). The van der Waals surface area contributed by atoms with Crippen LogP contribution in [0.15, 0.2) is 12.1 Å². The molecule has 1 aliphatic rings. The van der Waals surface area contributed by atoms with Crippen LogP contribution in [0.2, 0.25) is 0 Å². The highest BCUT2D eigenvalue weighted by molar-refractivity contribution is 7.23. The van der Waals surface area contributed by atoms with Crippen molar-refractivity contribution in [2.24, 2.45) is 0 Å². The van der Waals surface area contributed by atoms with E-state index in [1.807, 2.05) is 12.1 Å². The van der Waals surface area contributed by atoms with Crippen LogP contribution in [-0.2, 0) is 9.31 Å². The van der Waals surface area contributed by atoms with Gasteiger partial charge in [-0.1, -0.05) is 0 Å². The zero-order valence-corrected chi connectivity index (χ0v) is 11.2. The molecule has 0 amide bonds. The first-order valence-corrected chi connectivity index (χ1v) is 6.17. The van der Waals surface area contributed by atoms with Crippen LogP contribution in [0.1, 0.15) is 27.7 Å². The lowest BCUT2D eigenvalue weighted by Gasteiger charge is -2.32. The van der Waals surface area contributed by atoms with Gasteiger partial charge in [-0.2, -0.15) is 0 Å². The zero-order chi connectivity index (χ0) is 12.0. The summed E-state index contributed by atoms with van der Waals surface area (Å²) in [6.07, 6.45) is 0. The van der Waals surface area contributed by atoms with E-state index in [1.165, 1.54) is 0 Å². The molecule has 88 valence electrons. The van der Waals surface area contributed by atoms with E-state index in [9.17, 15) is 0 Å². The standard InChI is InChI=1S/C11H17BO3S/c1-10(2)11(3,4)15-12(14-10)8-6-7-9(13-5)16-8/h6-7H,1-5H3. The summed E-state index contributed by atoms with van der Waals surface area (Å²) in [5.41, 5.74) is -0.566. The maximum atomic E-state index is 5.94. The molecule has 0 aliphatic carbocycles. The second kappa shape index (κ2) is 3.76. The van der Waals surface area contributed by atoms with Crippen molar-refractivity contribution in [3.05, 3.63) is 12.1 Å². The van der Waals surface area contributed by atoms with Crippen molar-refractivity contribution < 1.29 is 14.0 Å². The minimum Gasteiger partial charge on any atom is -0.487 e. The number of thiophene rings is 1. The predicted octanol–water partition coefficient (Wildman–Crippen LogP) is 2.06. The summed E-state index contributed by atoms with van der Waals surface area (Å²) in [4.78, 5) is 0. The topological polar surface area (TPSA) is 27.7 Å². The molecule has 1 saturated heterocycles. The molecule has 1 aliphatic heterocycles. The zero-order valence-electron chi connectivity index (χ0n) is 10.4. The van der Waals surface area contributed by atoms with E-state index in [0.29, 0.717) is 0 Å². The Morgan fingerprint density at radius 1 is 1.12 bits per heavy atom. The highest BCUT2D eigenvalue weighted by Crippen LogP contribution is 2.37. The molecule has 3 nitrogen and oxygen atoms in total. The Balaban J connectivity index is 2.20. The van der Waals surface area contributed by atoms with Crippen LogP contribution in [0.4, 0.5) is 0 Å². The molecule has 5 heteroatoms. The summed E-state index contributed by atoms with van der Waals surface area (Å²) in [5, 5.41) is 0.879. The van der Waals surface area contributed by atoms with E-state index in [4.69, 9.17) is 14.0 Å². The van der Waals surface area contributed by atoms with Crippen LogP contribution < -0.4 is 9.51 Å². The van der Waals surface area contributed by atoms with Gasteiger partial charge >= 0.3 is 7.12 Å². The average Bonchev–Trinajstić information content (AvgIpc) is 2.70. The third kappa shape index (κ3) is 1.87.